The van der Waals surface area contributed by atoms with E-state index >= 15 is 0 Å². The molecule has 2 aromatic heterocycles. The van der Waals surface area contributed by atoms with Crippen molar-refractivity contribution in [3.8, 4) is 0 Å². The molecular weight excluding hydrogens is 344 g/mol. The summed E-state index contributed by atoms with van der Waals surface area (Å²) >= 11 is 1.66. The Kier molecular flexibility index (Phi) is 4.55. The molecule has 0 aliphatic heterocycles. The molecule has 5 heteroatoms. The van der Waals surface area contributed by atoms with Gasteiger partial charge in [0.05, 0.1) is 11.0 Å². The molecule has 132 valence electrons. The number of aromatic nitrogens is 2. The van der Waals surface area contributed by atoms with Crippen LogP contribution in [-0.4, -0.2) is 9.55 Å². The molecule has 2 heterocycles. The third-order valence-corrected chi connectivity index (χ3v) is 5.62. The molecule has 0 unspecified atom stereocenters. The summed E-state index contributed by atoms with van der Waals surface area (Å²) in [6.07, 6.45) is 0.916. The van der Waals surface area contributed by atoms with Crippen LogP contribution in [0.4, 0.5) is 0 Å². The molecule has 0 saturated carbocycles. The Labute approximate surface area is 155 Å². The van der Waals surface area contributed by atoms with Crippen molar-refractivity contribution in [2.45, 2.75) is 37.7 Å². The second-order valence-corrected chi connectivity index (χ2v) is 7.13. The van der Waals surface area contributed by atoms with Crippen LogP contribution in [-0.2, 0) is 18.7 Å². The van der Waals surface area contributed by atoms with Gasteiger partial charge in [0, 0.05) is 23.8 Å². The van der Waals surface area contributed by atoms with Crippen LogP contribution in [0.15, 0.2) is 62.9 Å². The molecule has 26 heavy (non-hydrogen) atoms. The largest absolute Gasteiger partial charge is 0.423 e. The predicted octanol–water partition coefficient (Wildman–Crippen LogP) is 5.02. The molecule has 0 saturated heterocycles. The van der Waals surface area contributed by atoms with Crippen molar-refractivity contribution in [2.75, 3.05) is 0 Å². The minimum Gasteiger partial charge on any atom is -0.423 e. The Hall–Kier alpha value is -2.53. The number of imidazole rings is 1. The zero-order chi connectivity index (χ0) is 18.1. The van der Waals surface area contributed by atoms with E-state index < -0.39 is 0 Å². The van der Waals surface area contributed by atoms with Crippen LogP contribution in [0.25, 0.3) is 22.0 Å². The van der Waals surface area contributed by atoms with Crippen LogP contribution < -0.4 is 5.63 Å². The quantitative estimate of drug-likeness (QED) is 0.369. The minimum atomic E-state index is -0.301. The van der Waals surface area contributed by atoms with Gasteiger partial charge in [0.15, 0.2) is 5.16 Å². The highest BCUT2D eigenvalue weighted by atomic mass is 32.2. The number of fused-ring (bicyclic) bond motifs is 2. The third kappa shape index (κ3) is 3.03. The standard InChI is InChI=1S/C21H20N2O2S/c1-3-14-9-10-16-15(12-20(24)25-19(16)11-14)13-26-21-22-17-7-5-6-8-18(17)23(21)4-2/h5-12H,3-4,13H2,1-2H3. The van der Waals surface area contributed by atoms with Gasteiger partial charge in [-0.1, -0.05) is 43.0 Å². The lowest BCUT2D eigenvalue weighted by Gasteiger charge is -2.08. The Morgan fingerprint density at radius 3 is 2.77 bits per heavy atom. The normalized spacial score (nSPS) is 11.5. The first-order chi connectivity index (χ1) is 12.7. The van der Waals surface area contributed by atoms with Crippen molar-refractivity contribution in [3.05, 3.63) is 70.1 Å². The SMILES string of the molecule is CCc1ccc2c(CSc3nc4ccccc4n3CC)cc(=O)oc2c1. The molecule has 0 radical (unpaired) electrons. The highest BCUT2D eigenvalue weighted by Gasteiger charge is 2.12. The summed E-state index contributed by atoms with van der Waals surface area (Å²) in [4.78, 5) is 16.7. The lowest BCUT2D eigenvalue weighted by atomic mass is 10.1. The van der Waals surface area contributed by atoms with Gasteiger partial charge in [-0.15, -0.1) is 0 Å². The van der Waals surface area contributed by atoms with Crippen molar-refractivity contribution >= 4 is 33.8 Å². The molecule has 0 aliphatic rings. The average Bonchev–Trinajstić information content (AvgIpc) is 3.02. The number of nitrogens with zero attached hydrogens (tertiary/aromatic N) is 2. The molecule has 0 fully saturated rings. The van der Waals surface area contributed by atoms with Crippen LogP contribution in [0.1, 0.15) is 25.0 Å². The maximum absolute atomic E-state index is 12.0. The van der Waals surface area contributed by atoms with Crippen LogP contribution in [0, 0.1) is 0 Å². The van der Waals surface area contributed by atoms with Crippen LogP contribution in [0.3, 0.4) is 0 Å². The minimum absolute atomic E-state index is 0.301. The number of rotatable bonds is 5. The summed E-state index contributed by atoms with van der Waals surface area (Å²) in [6.45, 7) is 5.07. The molecular formula is C21H20N2O2S. The highest BCUT2D eigenvalue weighted by molar-refractivity contribution is 7.98. The monoisotopic (exact) mass is 364 g/mol. The van der Waals surface area contributed by atoms with E-state index in [1.54, 1.807) is 17.8 Å². The number of benzene rings is 2. The fourth-order valence-electron chi connectivity index (χ4n) is 3.23. The van der Waals surface area contributed by atoms with Gasteiger partial charge in [-0.2, -0.15) is 0 Å². The lowest BCUT2D eigenvalue weighted by molar-refractivity contribution is 0.559. The molecule has 2 aromatic carbocycles. The van der Waals surface area contributed by atoms with Gasteiger partial charge in [-0.25, -0.2) is 9.78 Å². The van der Waals surface area contributed by atoms with E-state index in [2.05, 4.69) is 36.6 Å². The molecule has 4 rings (SSSR count). The molecule has 0 aliphatic carbocycles. The summed E-state index contributed by atoms with van der Waals surface area (Å²) in [5.74, 6) is 0.677. The van der Waals surface area contributed by atoms with Crippen LogP contribution in [0.5, 0.6) is 0 Å². The van der Waals surface area contributed by atoms with Gasteiger partial charge in [-0.3, -0.25) is 0 Å². The summed E-state index contributed by atoms with van der Waals surface area (Å²) in [7, 11) is 0. The Morgan fingerprint density at radius 1 is 1.12 bits per heavy atom. The van der Waals surface area contributed by atoms with Crippen molar-refractivity contribution in [1.29, 1.82) is 0 Å². The van der Waals surface area contributed by atoms with Gasteiger partial charge in [0.1, 0.15) is 5.58 Å². The first kappa shape index (κ1) is 16.9. The Morgan fingerprint density at radius 2 is 1.96 bits per heavy atom. The van der Waals surface area contributed by atoms with Gasteiger partial charge in [0.2, 0.25) is 0 Å². The Bertz CT molecular complexity index is 1140. The predicted molar refractivity (Wildman–Crippen MR) is 107 cm³/mol. The molecule has 0 amide bonds. The van der Waals surface area contributed by atoms with E-state index in [1.165, 1.54) is 5.56 Å². The third-order valence-electron chi connectivity index (χ3n) is 4.60. The van der Waals surface area contributed by atoms with E-state index in [9.17, 15) is 4.79 Å². The molecule has 4 aromatic rings. The highest BCUT2D eigenvalue weighted by Crippen LogP contribution is 2.29. The summed E-state index contributed by atoms with van der Waals surface area (Å²) in [5, 5.41) is 1.97. The number of aryl methyl sites for hydroxylation is 2. The number of hydrogen-bond donors (Lipinski definition) is 0. The number of hydrogen-bond acceptors (Lipinski definition) is 4. The fraction of sp³-hybridized carbons (Fsp3) is 0.238. The van der Waals surface area contributed by atoms with Crippen molar-refractivity contribution in [2.24, 2.45) is 0 Å². The second-order valence-electron chi connectivity index (χ2n) is 6.19. The maximum Gasteiger partial charge on any atom is 0.336 e. The van der Waals surface area contributed by atoms with Crippen molar-refractivity contribution in [3.63, 3.8) is 0 Å². The molecule has 0 spiro atoms. The zero-order valence-electron chi connectivity index (χ0n) is 14.9. The van der Waals surface area contributed by atoms with Gasteiger partial charge in [0.25, 0.3) is 0 Å². The first-order valence-corrected chi connectivity index (χ1v) is 9.82. The second kappa shape index (κ2) is 7.00. The van der Waals surface area contributed by atoms with E-state index in [1.807, 2.05) is 24.3 Å². The number of para-hydroxylation sites is 2. The topological polar surface area (TPSA) is 48.0 Å². The van der Waals surface area contributed by atoms with E-state index in [4.69, 9.17) is 9.40 Å². The fourth-order valence-corrected chi connectivity index (χ4v) is 4.29. The van der Waals surface area contributed by atoms with Gasteiger partial charge in [-0.05, 0) is 42.7 Å². The van der Waals surface area contributed by atoms with E-state index in [0.717, 1.165) is 40.1 Å². The molecule has 4 nitrogen and oxygen atoms in total. The van der Waals surface area contributed by atoms with Gasteiger partial charge >= 0.3 is 5.63 Å². The zero-order valence-corrected chi connectivity index (χ0v) is 15.7. The number of thioether (sulfide) groups is 1. The summed E-state index contributed by atoms with van der Waals surface area (Å²) in [6, 6.07) is 15.9. The average molecular weight is 364 g/mol. The van der Waals surface area contributed by atoms with E-state index in [0.29, 0.717) is 11.3 Å². The van der Waals surface area contributed by atoms with Crippen molar-refractivity contribution < 1.29 is 4.42 Å². The lowest BCUT2D eigenvalue weighted by Crippen LogP contribution is -2.01. The van der Waals surface area contributed by atoms with Crippen molar-refractivity contribution in [1.82, 2.24) is 9.55 Å². The maximum atomic E-state index is 12.0. The summed E-state index contributed by atoms with van der Waals surface area (Å²) in [5.41, 5.74) is 4.66. The van der Waals surface area contributed by atoms with Crippen LogP contribution >= 0.6 is 11.8 Å². The molecule has 0 bridgehead atoms. The van der Waals surface area contributed by atoms with Gasteiger partial charge < -0.3 is 8.98 Å². The molecule has 0 atom stereocenters. The van der Waals surface area contributed by atoms with Crippen LogP contribution in [0.2, 0.25) is 0 Å². The first-order valence-electron chi connectivity index (χ1n) is 8.83. The molecule has 0 N–H and O–H groups in total. The Balaban J connectivity index is 1.71. The smallest absolute Gasteiger partial charge is 0.336 e. The van der Waals surface area contributed by atoms with E-state index in [-0.39, 0.29) is 5.63 Å². The summed E-state index contributed by atoms with van der Waals surface area (Å²) < 4.78 is 7.62.